The van der Waals surface area contributed by atoms with E-state index in [0.717, 1.165) is 0 Å². The quantitative estimate of drug-likeness (QED) is 0.592. The third-order valence-corrected chi connectivity index (χ3v) is 2.30. The smallest absolute Gasteiger partial charge is 0.252 e. The van der Waals surface area contributed by atoms with Crippen LogP contribution in [0.15, 0.2) is 24.9 Å². The number of halogens is 2. The molecule has 1 nitrogen and oxygen atoms in total. The molecular weight excluding hydrogens is 160 g/mol. The van der Waals surface area contributed by atoms with Crippen LogP contribution in [0.25, 0.3) is 0 Å². The zero-order valence-electron chi connectivity index (χ0n) is 7.19. The van der Waals surface area contributed by atoms with Crippen molar-refractivity contribution in [1.82, 2.24) is 4.90 Å². The Bertz CT molecular complexity index is 203. The molecule has 0 radical (unpaired) electrons. The summed E-state index contributed by atoms with van der Waals surface area (Å²) in [6.07, 6.45) is 1.46. The third kappa shape index (κ3) is 1.65. The van der Waals surface area contributed by atoms with Crippen LogP contribution in [0.4, 0.5) is 8.78 Å². The van der Waals surface area contributed by atoms with Crippen LogP contribution >= 0.6 is 0 Å². The lowest BCUT2D eigenvalue weighted by molar-refractivity contribution is -0.113. The van der Waals surface area contributed by atoms with Crippen molar-refractivity contribution in [3.8, 4) is 0 Å². The summed E-state index contributed by atoms with van der Waals surface area (Å²) in [7, 11) is 1.77. The zero-order valence-corrected chi connectivity index (χ0v) is 7.19. The molecule has 12 heavy (non-hydrogen) atoms. The molecule has 0 unspecified atom stereocenters. The van der Waals surface area contributed by atoms with Crippen molar-refractivity contribution >= 4 is 0 Å². The molecule has 0 heterocycles. The summed E-state index contributed by atoms with van der Waals surface area (Å²) in [5.41, 5.74) is 0.704. The van der Waals surface area contributed by atoms with Gasteiger partial charge in [-0.05, 0) is 6.08 Å². The molecule has 0 bridgehead atoms. The predicted molar refractivity (Wildman–Crippen MR) is 45.1 cm³/mol. The van der Waals surface area contributed by atoms with Gasteiger partial charge in [-0.1, -0.05) is 13.2 Å². The maximum atomic E-state index is 12.4. The molecular formula is C9H13F2N. The van der Waals surface area contributed by atoms with Crippen molar-refractivity contribution in [2.45, 2.75) is 24.8 Å². The van der Waals surface area contributed by atoms with Crippen LogP contribution in [0.1, 0.15) is 12.8 Å². The Morgan fingerprint density at radius 2 is 2.08 bits per heavy atom. The molecule has 0 saturated heterocycles. The van der Waals surface area contributed by atoms with E-state index in [-0.39, 0.29) is 18.9 Å². The van der Waals surface area contributed by atoms with E-state index in [4.69, 9.17) is 0 Å². The summed E-state index contributed by atoms with van der Waals surface area (Å²) in [6.45, 7) is 7.22. The van der Waals surface area contributed by atoms with Gasteiger partial charge in [0.15, 0.2) is 0 Å². The molecule has 0 aromatic heterocycles. The highest BCUT2D eigenvalue weighted by Crippen LogP contribution is 2.40. The number of hydrogen-bond acceptors (Lipinski definition) is 1. The van der Waals surface area contributed by atoms with Gasteiger partial charge in [-0.15, -0.1) is 0 Å². The van der Waals surface area contributed by atoms with Gasteiger partial charge in [0.1, 0.15) is 0 Å². The van der Waals surface area contributed by atoms with Gasteiger partial charge in [0.2, 0.25) is 0 Å². The summed E-state index contributed by atoms with van der Waals surface area (Å²) in [5.74, 6) is -2.46. The van der Waals surface area contributed by atoms with E-state index in [0.29, 0.717) is 5.70 Å². The minimum Gasteiger partial charge on any atom is -0.372 e. The van der Waals surface area contributed by atoms with Crippen LogP contribution in [0.2, 0.25) is 0 Å². The second-order valence-electron chi connectivity index (χ2n) is 3.22. The maximum Gasteiger partial charge on any atom is 0.252 e. The normalized spacial score (nSPS) is 21.2. The Morgan fingerprint density at radius 3 is 2.42 bits per heavy atom. The molecule has 1 saturated carbocycles. The minimum atomic E-state index is -2.46. The van der Waals surface area contributed by atoms with Crippen molar-refractivity contribution in [2.24, 2.45) is 0 Å². The largest absolute Gasteiger partial charge is 0.372 e. The van der Waals surface area contributed by atoms with Crippen molar-refractivity contribution < 1.29 is 8.78 Å². The van der Waals surface area contributed by atoms with E-state index in [1.165, 1.54) is 0 Å². The number of nitrogens with zero attached hydrogens (tertiary/aromatic N) is 1. The van der Waals surface area contributed by atoms with Gasteiger partial charge in [-0.3, -0.25) is 0 Å². The first kappa shape index (κ1) is 9.23. The Labute approximate surface area is 71.4 Å². The zero-order chi connectivity index (χ0) is 9.35. The van der Waals surface area contributed by atoms with Crippen molar-refractivity contribution in [1.29, 1.82) is 0 Å². The summed E-state index contributed by atoms with van der Waals surface area (Å²) in [6, 6.07) is -0.0644. The fourth-order valence-corrected chi connectivity index (χ4v) is 1.28. The second kappa shape index (κ2) is 2.88. The number of hydrogen-bond donors (Lipinski definition) is 0. The van der Waals surface area contributed by atoms with Crippen LogP contribution in [0.5, 0.6) is 0 Å². The molecule has 1 aliphatic rings. The molecule has 0 spiro atoms. The number of allylic oxidation sites excluding steroid dienone is 1. The molecule has 0 N–H and O–H groups in total. The first-order chi connectivity index (χ1) is 5.46. The SMILES string of the molecule is C=CC(=C)N(C)C1CC(F)(F)C1. The lowest BCUT2D eigenvalue weighted by Gasteiger charge is -2.42. The van der Waals surface area contributed by atoms with Crippen molar-refractivity contribution in [3.05, 3.63) is 24.9 Å². The van der Waals surface area contributed by atoms with Crippen LogP contribution < -0.4 is 0 Å². The highest BCUT2D eigenvalue weighted by molar-refractivity contribution is 5.12. The summed E-state index contributed by atoms with van der Waals surface area (Å²) >= 11 is 0. The summed E-state index contributed by atoms with van der Waals surface area (Å²) in [4.78, 5) is 1.75. The molecule has 3 heteroatoms. The number of rotatable bonds is 3. The van der Waals surface area contributed by atoms with Crippen LogP contribution in [-0.4, -0.2) is 23.9 Å². The van der Waals surface area contributed by atoms with E-state index in [1.807, 2.05) is 0 Å². The van der Waals surface area contributed by atoms with E-state index >= 15 is 0 Å². The Balaban J connectivity index is 2.43. The molecule has 0 atom stereocenters. The second-order valence-corrected chi connectivity index (χ2v) is 3.22. The van der Waals surface area contributed by atoms with Gasteiger partial charge in [0.05, 0.1) is 0 Å². The Hall–Kier alpha value is -0.860. The average molecular weight is 173 g/mol. The fraction of sp³-hybridized carbons (Fsp3) is 0.556. The van der Waals surface area contributed by atoms with Gasteiger partial charge in [0, 0.05) is 31.6 Å². The minimum absolute atomic E-state index is 0.0592. The Morgan fingerprint density at radius 1 is 1.58 bits per heavy atom. The van der Waals surface area contributed by atoms with E-state index in [1.54, 1.807) is 18.0 Å². The number of alkyl halides is 2. The Kier molecular flexibility index (Phi) is 2.22. The monoisotopic (exact) mass is 173 g/mol. The molecule has 0 amide bonds. The van der Waals surface area contributed by atoms with Crippen molar-refractivity contribution in [2.75, 3.05) is 7.05 Å². The molecule has 0 aromatic rings. The lowest BCUT2D eigenvalue weighted by Crippen LogP contribution is -2.48. The predicted octanol–water partition coefficient (Wildman–Crippen LogP) is 2.42. The van der Waals surface area contributed by atoms with Crippen LogP contribution in [-0.2, 0) is 0 Å². The summed E-state index contributed by atoms with van der Waals surface area (Å²) in [5, 5.41) is 0. The van der Waals surface area contributed by atoms with Gasteiger partial charge >= 0.3 is 0 Å². The topological polar surface area (TPSA) is 3.24 Å². The highest BCUT2D eigenvalue weighted by Gasteiger charge is 2.47. The van der Waals surface area contributed by atoms with Crippen LogP contribution in [0, 0.1) is 0 Å². The van der Waals surface area contributed by atoms with E-state index in [2.05, 4.69) is 13.2 Å². The first-order valence-electron chi connectivity index (χ1n) is 3.88. The molecule has 1 rings (SSSR count). The molecule has 0 aliphatic heterocycles. The van der Waals surface area contributed by atoms with Gasteiger partial charge in [0.25, 0.3) is 5.92 Å². The lowest BCUT2D eigenvalue weighted by atomic mass is 9.87. The fourth-order valence-electron chi connectivity index (χ4n) is 1.28. The number of likely N-dealkylation sites (N-methyl/N-ethyl adjacent to an activating group) is 1. The van der Waals surface area contributed by atoms with Gasteiger partial charge in [-0.25, -0.2) is 8.78 Å². The maximum absolute atomic E-state index is 12.4. The van der Waals surface area contributed by atoms with Gasteiger partial charge < -0.3 is 4.90 Å². The first-order valence-corrected chi connectivity index (χ1v) is 3.88. The standard InChI is InChI=1S/C9H13F2N/c1-4-7(2)12(3)8-5-9(10,11)6-8/h4,8H,1-2,5-6H2,3H3. The van der Waals surface area contributed by atoms with Crippen LogP contribution in [0.3, 0.4) is 0 Å². The summed E-state index contributed by atoms with van der Waals surface area (Å²) < 4.78 is 24.9. The molecule has 1 aliphatic carbocycles. The average Bonchev–Trinajstić information content (AvgIpc) is 1.97. The molecule has 0 aromatic carbocycles. The molecule has 1 fully saturated rings. The third-order valence-electron chi connectivity index (χ3n) is 2.30. The van der Waals surface area contributed by atoms with E-state index in [9.17, 15) is 8.78 Å². The highest BCUT2D eigenvalue weighted by atomic mass is 19.3. The van der Waals surface area contributed by atoms with Crippen molar-refractivity contribution in [3.63, 3.8) is 0 Å². The van der Waals surface area contributed by atoms with E-state index < -0.39 is 5.92 Å². The van der Waals surface area contributed by atoms with Gasteiger partial charge in [-0.2, -0.15) is 0 Å². The molecule has 68 valence electrons.